The summed E-state index contributed by atoms with van der Waals surface area (Å²) in [7, 11) is 0. The monoisotopic (exact) mass is 394 g/mol. The van der Waals surface area contributed by atoms with Crippen molar-refractivity contribution in [2.45, 2.75) is 63.5 Å². The average molecular weight is 394 g/mol. The number of carbonyl (C=O) groups is 1. The van der Waals surface area contributed by atoms with Crippen molar-refractivity contribution in [3.8, 4) is 5.75 Å². The summed E-state index contributed by atoms with van der Waals surface area (Å²) in [4.78, 5) is 11.4. The van der Waals surface area contributed by atoms with Gasteiger partial charge in [-0.05, 0) is 37.5 Å². The third-order valence-electron chi connectivity index (χ3n) is 3.91. The number of alkyl halides is 5. The number of rotatable bonds is 13. The van der Waals surface area contributed by atoms with Crippen LogP contribution in [-0.2, 0) is 4.79 Å². The lowest BCUT2D eigenvalue weighted by Crippen LogP contribution is -2.36. The predicted octanol–water partition coefficient (Wildman–Crippen LogP) is 5.30. The highest BCUT2D eigenvalue weighted by molar-refractivity contribution is 5.75. The Labute approximate surface area is 156 Å². The molecule has 1 radical (unpaired) electrons. The molecule has 0 aliphatic heterocycles. The molecule has 0 fully saturated rings. The Kier molecular flexibility index (Phi) is 10.1. The highest BCUT2D eigenvalue weighted by atomic mass is 19.4. The summed E-state index contributed by atoms with van der Waals surface area (Å²) in [5.41, 5.74) is 0. The van der Waals surface area contributed by atoms with E-state index in [0.717, 1.165) is 37.9 Å². The van der Waals surface area contributed by atoms with Crippen LogP contribution in [0.2, 0.25) is 0 Å². The van der Waals surface area contributed by atoms with E-state index in [9.17, 15) is 26.7 Å². The minimum absolute atomic E-state index is 0.333. The average Bonchev–Trinajstić information content (AvgIpc) is 2.60. The topological polar surface area (TPSA) is 38.3 Å². The highest BCUT2D eigenvalue weighted by Crippen LogP contribution is 2.39. The Hall–Kier alpha value is -1.86. The van der Waals surface area contributed by atoms with Crippen molar-refractivity contribution < 1.29 is 31.5 Å². The molecule has 0 unspecified atom stereocenters. The summed E-state index contributed by atoms with van der Waals surface area (Å²) < 4.78 is 66.9. The molecule has 1 rings (SSSR count). The summed E-state index contributed by atoms with van der Waals surface area (Å²) in [6, 6.07) is 10.2. The van der Waals surface area contributed by atoms with Gasteiger partial charge in [-0.25, -0.2) is 0 Å². The Bertz CT molecular complexity index is 535. The Balaban J connectivity index is 1.93. The number of nitrogens with one attached hydrogen (secondary N) is 1. The molecule has 0 spiro atoms. The van der Waals surface area contributed by atoms with Gasteiger partial charge in [0.25, 0.3) is 0 Å². The second-order valence-electron chi connectivity index (χ2n) is 6.26. The Morgan fingerprint density at radius 3 is 2.26 bits per heavy atom. The molecule has 0 saturated heterocycles. The smallest absolute Gasteiger partial charge is 0.453 e. The van der Waals surface area contributed by atoms with Crippen LogP contribution in [0.1, 0.15) is 51.4 Å². The fraction of sp³-hybridized carbons (Fsp3) is 0.632. The molecule has 0 bridgehead atoms. The number of hydrogen-bond donors (Lipinski definition) is 1. The van der Waals surface area contributed by atoms with Crippen LogP contribution in [0.3, 0.4) is 0 Å². The van der Waals surface area contributed by atoms with Crippen molar-refractivity contribution >= 4 is 5.91 Å². The third kappa shape index (κ3) is 10.2. The molecule has 0 aromatic heterocycles. The third-order valence-corrected chi connectivity index (χ3v) is 3.91. The zero-order valence-corrected chi connectivity index (χ0v) is 15.1. The first-order valence-corrected chi connectivity index (χ1v) is 9.02. The van der Waals surface area contributed by atoms with E-state index in [2.05, 4.69) is 11.4 Å². The second kappa shape index (κ2) is 11.8. The minimum Gasteiger partial charge on any atom is -0.494 e. The lowest BCUT2D eigenvalue weighted by atomic mass is 10.1. The molecular formula is C19H25F5NO2. The maximum Gasteiger partial charge on any atom is 0.453 e. The number of carbonyl (C=O) groups excluding carboxylic acids is 1. The Morgan fingerprint density at radius 2 is 1.59 bits per heavy atom. The molecule has 3 nitrogen and oxygen atoms in total. The molecule has 0 saturated carbocycles. The van der Waals surface area contributed by atoms with E-state index in [4.69, 9.17) is 4.74 Å². The van der Waals surface area contributed by atoms with E-state index >= 15 is 0 Å². The standard InChI is InChI=1S/C19H25F5NO2/c20-18(21,19(22,23)24)13-9-12-17(26)25-14-7-2-1-3-8-15-27-16-10-5-4-6-11-16/h5-6,10-11H,1-3,7-9,12-15H2,(H,25,26). The van der Waals surface area contributed by atoms with Crippen LogP contribution in [0.5, 0.6) is 5.75 Å². The first-order valence-electron chi connectivity index (χ1n) is 9.02. The number of ether oxygens (including phenoxy) is 1. The van der Waals surface area contributed by atoms with Gasteiger partial charge in [0.1, 0.15) is 5.75 Å². The van der Waals surface area contributed by atoms with E-state index in [1.165, 1.54) is 0 Å². The molecular weight excluding hydrogens is 369 g/mol. The predicted molar refractivity (Wildman–Crippen MR) is 91.7 cm³/mol. The SMILES string of the molecule is O=C(CCCC(F)(F)C(F)(F)F)NCCCCCCCOc1cc[c]cc1. The van der Waals surface area contributed by atoms with Gasteiger partial charge in [-0.2, -0.15) is 22.0 Å². The lowest BCUT2D eigenvalue weighted by molar-refractivity contribution is -0.284. The van der Waals surface area contributed by atoms with Gasteiger partial charge in [-0.15, -0.1) is 0 Å². The summed E-state index contributed by atoms with van der Waals surface area (Å²) >= 11 is 0. The number of amides is 1. The van der Waals surface area contributed by atoms with Crippen LogP contribution < -0.4 is 10.1 Å². The van der Waals surface area contributed by atoms with Crippen LogP contribution >= 0.6 is 0 Å². The van der Waals surface area contributed by atoms with Crippen molar-refractivity contribution in [3.63, 3.8) is 0 Å². The van der Waals surface area contributed by atoms with Crippen LogP contribution in [-0.4, -0.2) is 31.2 Å². The van der Waals surface area contributed by atoms with E-state index in [1.54, 1.807) is 12.1 Å². The first kappa shape index (κ1) is 23.2. The molecule has 27 heavy (non-hydrogen) atoms. The number of unbranched alkanes of at least 4 members (excludes halogenated alkanes) is 4. The Morgan fingerprint density at radius 1 is 0.963 bits per heavy atom. The summed E-state index contributed by atoms with van der Waals surface area (Å²) in [5, 5.41) is 2.54. The molecule has 153 valence electrons. The highest BCUT2D eigenvalue weighted by Gasteiger charge is 2.56. The van der Waals surface area contributed by atoms with Gasteiger partial charge >= 0.3 is 12.1 Å². The number of benzene rings is 1. The molecule has 1 aromatic carbocycles. The maximum absolute atomic E-state index is 12.7. The number of hydrogen-bond acceptors (Lipinski definition) is 2. The molecule has 0 aliphatic rings. The molecule has 0 atom stereocenters. The fourth-order valence-corrected chi connectivity index (χ4v) is 2.34. The molecule has 1 aromatic rings. The fourth-order valence-electron chi connectivity index (χ4n) is 2.34. The first-order chi connectivity index (χ1) is 12.7. The van der Waals surface area contributed by atoms with E-state index < -0.39 is 30.8 Å². The normalized spacial score (nSPS) is 12.0. The molecule has 0 heterocycles. The number of halogens is 5. The van der Waals surface area contributed by atoms with E-state index in [0.29, 0.717) is 13.2 Å². The van der Waals surface area contributed by atoms with Crippen molar-refractivity contribution in [2.24, 2.45) is 0 Å². The van der Waals surface area contributed by atoms with Crippen LogP contribution in [0.4, 0.5) is 22.0 Å². The van der Waals surface area contributed by atoms with E-state index in [-0.39, 0.29) is 6.42 Å². The van der Waals surface area contributed by atoms with Gasteiger partial charge < -0.3 is 10.1 Å². The zero-order valence-electron chi connectivity index (χ0n) is 15.1. The van der Waals surface area contributed by atoms with Crippen molar-refractivity contribution in [3.05, 3.63) is 30.3 Å². The van der Waals surface area contributed by atoms with Crippen molar-refractivity contribution in [1.29, 1.82) is 0 Å². The van der Waals surface area contributed by atoms with Gasteiger partial charge in [-0.3, -0.25) is 4.79 Å². The maximum atomic E-state index is 12.7. The molecule has 8 heteroatoms. The summed E-state index contributed by atoms with van der Waals surface area (Å²) in [5.74, 6) is -4.43. The van der Waals surface area contributed by atoms with Crippen molar-refractivity contribution in [1.82, 2.24) is 5.32 Å². The lowest BCUT2D eigenvalue weighted by Gasteiger charge is -2.19. The summed E-state index contributed by atoms with van der Waals surface area (Å²) in [6.45, 7) is 1.02. The zero-order chi connectivity index (χ0) is 20.2. The van der Waals surface area contributed by atoms with Gasteiger partial charge in [-0.1, -0.05) is 31.4 Å². The quantitative estimate of drug-likeness (QED) is 0.364. The van der Waals surface area contributed by atoms with Crippen LogP contribution in [0.15, 0.2) is 24.3 Å². The van der Waals surface area contributed by atoms with Gasteiger partial charge in [0, 0.05) is 19.4 Å². The largest absolute Gasteiger partial charge is 0.494 e. The van der Waals surface area contributed by atoms with E-state index in [1.807, 2.05) is 12.1 Å². The van der Waals surface area contributed by atoms with Crippen LogP contribution in [0, 0.1) is 6.07 Å². The second-order valence-corrected chi connectivity index (χ2v) is 6.26. The summed E-state index contributed by atoms with van der Waals surface area (Å²) in [6.07, 6.45) is -3.26. The van der Waals surface area contributed by atoms with Crippen LogP contribution in [0.25, 0.3) is 0 Å². The van der Waals surface area contributed by atoms with Gasteiger partial charge in [0.2, 0.25) is 5.91 Å². The minimum atomic E-state index is -5.56. The molecule has 1 amide bonds. The van der Waals surface area contributed by atoms with Gasteiger partial charge in [0.05, 0.1) is 6.61 Å². The molecule has 1 N–H and O–H groups in total. The van der Waals surface area contributed by atoms with Gasteiger partial charge in [0.15, 0.2) is 0 Å². The van der Waals surface area contributed by atoms with Crippen molar-refractivity contribution in [2.75, 3.05) is 13.2 Å². The molecule has 0 aliphatic carbocycles.